The quantitative estimate of drug-likeness (QED) is 0.0378. The number of allylic oxidation sites excluding steroid dienone is 2. The second-order valence-corrected chi connectivity index (χ2v) is 13.3. The minimum atomic E-state index is -5.09. The van der Waals surface area contributed by atoms with Gasteiger partial charge in [0.2, 0.25) is 5.91 Å². The molecule has 1 aliphatic heterocycles. The molecule has 0 aromatic carbocycles. The van der Waals surface area contributed by atoms with Gasteiger partial charge in [0, 0.05) is 0 Å². The van der Waals surface area contributed by atoms with Crippen LogP contribution in [0.1, 0.15) is 123 Å². The van der Waals surface area contributed by atoms with Gasteiger partial charge in [0.1, 0.15) is 30.5 Å². The molecule has 0 aromatic rings. The van der Waals surface area contributed by atoms with Crippen molar-refractivity contribution in [2.75, 3.05) is 13.2 Å². The number of amides is 1. The molecule has 7 N–H and O–H groups in total. The van der Waals surface area contributed by atoms with Crippen molar-refractivity contribution in [3.8, 4) is 0 Å². The van der Waals surface area contributed by atoms with Crippen LogP contribution < -0.4 is 5.32 Å². The third kappa shape index (κ3) is 18.4. The molecule has 0 saturated carbocycles. The van der Waals surface area contributed by atoms with Crippen molar-refractivity contribution in [1.82, 2.24) is 5.32 Å². The van der Waals surface area contributed by atoms with Crippen molar-refractivity contribution in [1.29, 1.82) is 0 Å². The van der Waals surface area contributed by atoms with Crippen LogP contribution in [0.2, 0.25) is 0 Å². The maximum Gasteiger partial charge on any atom is 0.397 e. The van der Waals surface area contributed by atoms with Gasteiger partial charge < -0.3 is 40.3 Å². The fraction of sp³-hybridized carbons (Fsp3) is 0.906. The normalized spacial score (nSPS) is 24.2. The minimum absolute atomic E-state index is 0.245. The SMILES string of the molecule is CCCCC/C=C\CCCCCCC(O)C(=O)NC(COC1OC(CO)C(O)C(OS(=O)(=O)O)C1O)C(O)CCCCCCCC. The first-order chi connectivity index (χ1) is 21.9. The summed E-state index contributed by atoms with van der Waals surface area (Å²) >= 11 is 0. The van der Waals surface area contributed by atoms with E-state index < -0.39 is 78.5 Å². The number of aliphatic hydroxyl groups is 5. The number of carbonyl (C=O) groups is 1. The Morgan fingerprint density at radius 3 is 2.00 bits per heavy atom. The fourth-order valence-corrected chi connectivity index (χ4v) is 5.85. The maximum absolute atomic E-state index is 12.9. The van der Waals surface area contributed by atoms with E-state index in [-0.39, 0.29) is 6.42 Å². The predicted molar refractivity (Wildman–Crippen MR) is 173 cm³/mol. The molecule has 8 unspecified atom stereocenters. The molecule has 1 amide bonds. The number of rotatable bonds is 27. The van der Waals surface area contributed by atoms with Gasteiger partial charge in [0.25, 0.3) is 0 Å². The summed E-state index contributed by atoms with van der Waals surface area (Å²) < 4.78 is 47.0. The van der Waals surface area contributed by atoms with Gasteiger partial charge >= 0.3 is 10.4 Å². The molecular formula is C32H61NO12S. The molecule has 46 heavy (non-hydrogen) atoms. The lowest BCUT2D eigenvalue weighted by Crippen LogP contribution is -2.61. The van der Waals surface area contributed by atoms with E-state index in [1.54, 1.807) is 0 Å². The molecule has 0 aromatic heterocycles. The average Bonchev–Trinajstić information content (AvgIpc) is 3.01. The zero-order chi connectivity index (χ0) is 34.4. The van der Waals surface area contributed by atoms with Gasteiger partial charge in [-0.05, 0) is 38.5 Å². The van der Waals surface area contributed by atoms with Gasteiger partial charge in [0.15, 0.2) is 6.29 Å². The molecule has 1 heterocycles. The van der Waals surface area contributed by atoms with Crippen LogP contribution in [0.25, 0.3) is 0 Å². The highest BCUT2D eigenvalue weighted by Gasteiger charge is 2.48. The lowest BCUT2D eigenvalue weighted by Gasteiger charge is -2.41. The van der Waals surface area contributed by atoms with Crippen LogP contribution in [0.4, 0.5) is 0 Å². The van der Waals surface area contributed by atoms with Gasteiger partial charge in [-0.1, -0.05) is 96.6 Å². The lowest BCUT2D eigenvalue weighted by molar-refractivity contribution is -0.298. The first-order valence-electron chi connectivity index (χ1n) is 17.2. The van der Waals surface area contributed by atoms with Crippen LogP contribution in [0.15, 0.2) is 12.2 Å². The lowest BCUT2D eigenvalue weighted by atomic mass is 9.99. The Balaban J connectivity index is 2.71. The van der Waals surface area contributed by atoms with E-state index in [2.05, 4.69) is 35.5 Å². The highest BCUT2D eigenvalue weighted by atomic mass is 32.3. The van der Waals surface area contributed by atoms with Crippen molar-refractivity contribution in [2.45, 2.75) is 172 Å². The summed E-state index contributed by atoms with van der Waals surface area (Å²) in [5.41, 5.74) is 0. The van der Waals surface area contributed by atoms with Crippen LogP contribution in [0.3, 0.4) is 0 Å². The highest BCUT2D eigenvalue weighted by Crippen LogP contribution is 2.26. The Hall–Kier alpha value is -1.20. The Morgan fingerprint density at radius 2 is 1.39 bits per heavy atom. The summed E-state index contributed by atoms with van der Waals surface area (Å²) in [6.07, 6.45) is 9.08. The summed E-state index contributed by atoms with van der Waals surface area (Å²) in [6, 6.07) is -1.03. The van der Waals surface area contributed by atoms with E-state index in [9.17, 15) is 38.7 Å². The third-order valence-corrected chi connectivity index (χ3v) is 8.65. The van der Waals surface area contributed by atoms with Gasteiger partial charge in [-0.2, -0.15) is 8.42 Å². The predicted octanol–water partition coefficient (Wildman–Crippen LogP) is 3.06. The molecule has 0 radical (unpaired) electrons. The van der Waals surface area contributed by atoms with E-state index in [0.717, 1.165) is 64.2 Å². The zero-order valence-corrected chi connectivity index (χ0v) is 28.6. The molecule has 8 atom stereocenters. The second-order valence-electron chi connectivity index (χ2n) is 12.2. The van der Waals surface area contributed by atoms with Crippen molar-refractivity contribution in [2.24, 2.45) is 0 Å². The first kappa shape index (κ1) is 42.8. The summed E-state index contributed by atoms with van der Waals surface area (Å²) in [6.45, 7) is 3.09. The number of nitrogens with one attached hydrogen (secondary N) is 1. The van der Waals surface area contributed by atoms with E-state index in [1.165, 1.54) is 19.3 Å². The zero-order valence-electron chi connectivity index (χ0n) is 27.7. The summed E-state index contributed by atoms with van der Waals surface area (Å²) in [5, 5.41) is 54.5. The van der Waals surface area contributed by atoms with Crippen molar-refractivity contribution in [3.63, 3.8) is 0 Å². The summed E-state index contributed by atoms with van der Waals surface area (Å²) in [5.74, 6) is -0.688. The average molecular weight is 684 g/mol. The van der Waals surface area contributed by atoms with Crippen molar-refractivity contribution < 1.29 is 57.0 Å². The smallest absolute Gasteiger partial charge is 0.394 e. The van der Waals surface area contributed by atoms with Gasteiger partial charge in [-0.15, -0.1) is 0 Å². The van der Waals surface area contributed by atoms with Gasteiger partial charge in [-0.25, -0.2) is 4.18 Å². The van der Waals surface area contributed by atoms with Gasteiger partial charge in [0.05, 0.1) is 25.4 Å². The molecule has 13 nitrogen and oxygen atoms in total. The molecule has 1 fully saturated rings. The fourth-order valence-electron chi connectivity index (χ4n) is 5.34. The number of ether oxygens (including phenoxy) is 2. The Morgan fingerprint density at radius 1 is 0.848 bits per heavy atom. The van der Waals surface area contributed by atoms with E-state index >= 15 is 0 Å². The summed E-state index contributed by atoms with van der Waals surface area (Å²) in [4.78, 5) is 12.9. The van der Waals surface area contributed by atoms with Crippen molar-refractivity contribution >= 4 is 16.3 Å². The van der Waals surface area contributed by atoms with Crippen LogP contribution in [-0.4, -0.2) is 107 Å². The molecule has 272 valence electrons. The molecule has 0 bridgehead atoms. The maximum atomic E-state index is 12.9. The van der Waals surface area contributed by atoms with Gasteiger partial charge in [-0.3, -0.25) is 9.35 Å². The largest absolute Gasteiger partial charge is 0.397 e. The van der Waals surface area contributed by atoms with Crippen LogP contribution >= 0.6 is 0 Å². The standard InChI is InChI=1S/C32H61NO12S/c1-3-5-7-9-11-12-13-14-15-17-19-21-26(36)31(39)33-24(25(35)20-18-16-10-8-6-4-2)23-43-32-29(38)30(45-46(40,41)42)28(37)27(22-34)44-32/h11-12,24-30,32,34-38H,3-10,13-23H2,1-2H3,(H,33,39)(H,40,41,42)/b12-11-. The molecule has 1 saturated heterocycles. The van der Waals surface area contributed by atoms with Crippen LogP contribution in [0.5, 0.6) is 0 Å². The second kappa shape index (κ2) is 24.9. The number of hydrogen-bond acceptors (Lipinski definition) is 11. The Bertz CT molecular complexity index is 921. The first-order valence-corrected chi connectivity index (χ1v) is 18.5. The molecular weight excluding hydrogens is 622 g/mol. The monoisotopic (exact) mass is 683 g/mol. The topological polar surface area (TPSA) is 212 Å². The Kier molecular flexibility index (Phi) is 23.2. The van der Waals surface area contributed by atoms with Crippen LogP contribution in [-0.2, 0) is 28.9 Å². The van der Waals surface area contributed by atoms with E-state index in [4.69, 9.17) is 14.0 Å². The van der Waals surface area contributed by atoms with Crippen molar-refractivity contribution in [3.05, 3.63) is 12.2 Å². The third-order valence-electron chi connectivity index (χ3n) is 8.18. The number of hydrogen-bond donors (Lipinski definition) is 7. The Labute approximate surface area is 275 Å². The molecule has 0 spiro atoms. The molecule has 0 aliphatic carbocycles. The number of unbranched alkanes of at least 4 members (excludes halogenated alkanes) is 12. The molecule has 14 heteroatoms. The molecule has 1 rings (SSSR count). The van der Waals surface area contributed by atoms with E-state index in [1.807, 2.05) is 0 Å². The minimum Gasteiger partial charge on any atom is -0.394 e. The molecule has 1 aliphatic rings. The van der Waals surface area contributed by atoms with E-state index in [0.29, 0.717) is 19.3 Å². The number of aliphatic hydroxyl groups excluding tert-OH is 5. The summed E-state index contributed by atoms with van der Waals surface area (Å²) in [7, 11) is -5.09. The highest BCUT2D eigenvalue weighted by molar-refractivity contribution is 7.80. The van der Waals surface area contributed by atoms with Crippen LogP contribution in [0, 0.1) is 0 Å². The number of carbonyl (C=O) groups excluding carboxylic acids is 1.